The third kappa shape index (κ3) is 2.84. The monoisotopic (exact) mass is 268 g/mol. The van der Waals surface area contributed by atoms with Gasteiger partial charge in [0.2, 0.25) is 0 Å². The van der Waals surface area contributed by atoms with Crippen LogP contribution in [0.5, 0.6) is 0 Å². The van der Waals surface area contributed by atoms with Crippen molar-refractivity contribution in [1.82, 2.24) is 9.88 Å². The summed E-state index contributed by atoms with van der Waals surface area (Å²) in [5, 5.41) is 1.14. The Labute approximate surface area is 114 Å². The van der Waals surface area contributed by atoms with Crippen LogP contribution in [0.3, 0.4) is 0 Å². The van der Waals surface area contributed by atoms with E-state index in [0.717, 1.165) is 23.9 Å². The van der Waals surface area contributed by atoms with Gasteiger partial charge in [-0.15, -0.1) is 11.3 Å². The molecular formula is C13H24N4S. The predicted octanol–water partition coefficient (Wildman–Crippen LogP) is 2.00. The van der Waals surface area contributed by atoms with E-state index in [1.165, 1.54) is 17.7 Å². The van der Waals surface area contributed by atoms with Gasteiger partial charge in [-0.1, -0.05) is 0 Å². The van der Waals surface area contributed by atoms with E-state index in [9.17, 15) is 0 Å². The summed E-state index contributed by atoms with van der Waals surface area (Å²) in [5.41, 5.74) is 7.07. The van der Waals surface area contributed by atoms with Crippen LogP contribution in [-0.2, 0) is 0 Å². The van der Waals surface area contributed by atoms with Crippen LogP contribution < -0.4 is 10.6 Å². The minimum Gasteiger partial charge on any atom is -0.347 e. The second-order valence-corrected chi connectivity index (χ2v) is 6.45. The Hall–Kier alpha value is -0.650. The van der Waals surface area contributed by atoms with Crippen molar-refractivity contribution in [2.75, 3.05) is 32.1 Å². The molecule has 0 amide bonds. The second kappa shape index (κ2) is 5.55. The number of nitrogens with zero attached hydrogens (tertiary/aromatic N) is 3. The summed E-state index contributed by atoms with van der Waals surface area (Å²) in [6.45, 7) is 6.29. The lowest BCUT2D eigenvalue weighted by Crippen LogP contribution is -2.45. The zero-order valence-corrected chi connectivity index (χ0v) is 12.6. The summed E-state index contributed by atoms with van der Waals surface area (Å²) >= 11 is 1.76. The Kier molecular flexibility index (Phi) is 4.25. The summed E-state index contributed by atoms with van der Waals surface area (Å²) in [6.07, 6.45) is 2.53. The van der Waals surface area contributed by atoms with Crippen molar-refractivity contribution in [3.8, 4) is 0 Å². The second-order valence-electron chi connectivity index (χ2n) is 5.44. The topological polar surface area (TPSA) is 45.4 Å². The molecule has 2 atom stereocenters. The molecule has 1 aromatic heterocycles. The van der Waals surface area contributed by atoms with Crippen LogP contribution in [0.25, 0.3) is 0 Å². The first kappa shape index (κ1) is 13.8. The number of hydrogen-bond donors (Lipinski definition) is 1. The normalized spacial score (nSPS) is 22.6. The van der Waals surface area contributed by atoms with Crippen molar-refractivity contribution in [2.24, 2.45) is 5.73 Å². The number of nitrogens with two attached hydrogens (primary N) is 1. The summed E-state index contributed by atoms with van der Waals surface area (Å²) in [7, 11) is 4.32. The first-order valence-corrected chi connectivity index (χ1v) is 7.45. The number of anilines is 1. The van der Waals surface area contributed by atoms with Crippen LogP contribution in [0, 0.1) is 6.92 Å². The molecule has 18 heavy (non-hydrogen) atoms. The molecule has 1 saturated heterocycles. The summed E-state index contributed by atoms with van der Waals surface area (Å²) in [5.74, 6) is 0. The van der Waals surface area contributed by atoms with E-state index in [1.807, 2.05) is 6.92 Å². The summed E-state index contributed by atoms with van der Waals surface area (Å²) in [4.78, 5) is 10.6. The summed E-state index contributed by atoms with van der Waals surface area (Å²) in [6, 6.07) is 0.729. The Morgan fingerprint density at radius 2 is 2.22 bits per heavy atom. The fraction of sp³-hybridized carbons (Fsp3) is 0.769. The molecule has 1 aromatic rings. The minimum absolute atomic E-state index is 0.0886. The lowest BCUT2D eigenvalue weighted by Gasteiger charge is -2.35. The number of rotatable bonds is 3. The number of piperidine rings is 1. The fourth-order valence-corrected chi connectivity index (χ4v) is 3.55. The zero-order valence-electron chi connectivity index (χ0n) is 11.8. The molecule has 2 N–H and O–H groups in total. The highest BCUT2D eigenvalue weighted by Gasteiger charge is 2.24. The van der Waals surface area contributed by atoms with Crippen LogP contribution in [-0.4, -0.2) is 43.1 Å². The molecule has 102 valence electrons. The van der Waals surface area contributed by atoms with Gasteiger partial charge in [-0.2, -0.15) is 0 Å². The third-order valence-corrected chi connectivity index (χ3v) is 5.05. The van der Waals surface area contributed by atoms with E-state index >= 15 is 0 Å². The quantitative estimate of drug-likeness (QED) is 0.911. The molecule has 2 rings (SSSR count). The largest absolute Gasteiger partial charge is 0.347 e. The van der Waals surface area contributed by atoms with E-state index < -0.39 is 0 Å². The van der Waals surface area contributed by atoms with Crippen molar-refractivity contribution >= 4 is 16.5 Å². The lowest BCUT2D eigenvalue weighted by atomic mass is 10.1. The average Bonchev–Trinajstić information content (AvgIpc) is 2.71. The van der Waals surface area contributed by atoms with Gasteiger partial charge in [-0.3, -0.25) is 0 Å². The van der Waals surface area contributed by atoms with Crippen LogP contribution in [0.2, 0.25) is 0 Å². The summed E-state index contributed by atoms with van der Waals surface area (Å²) < 4.78 is 0. The van der Waals surface area contributed by atoms with Crippen molar-refractivity contribution in [3.63, 3.8) is 0 Å². The third-order valence-electron chi connectivity index (χ3n) is 3.63. The van der Waals surface area contributed by atoms with Gasteiger partial charge in [-0.25, -0.2) is 4.98 Å². The Morgan fingerprint density at radius 1 is 1.50 bits per heavy atom. The molecular weight excluding hydrogens is 244 g/mol. The van der Waals surface area contributed by atoms with Crippen LogP contribution in [0.1, 0.15) is 36.4 Å². The first-order valence-electron chi connectivity index (χ1n) is 6.63. The maximum Gasteiger partial charge on any atom is 0.185 e. The van der Waals surface area contributed by atoms with Gasteiger partial charge in [0.05, 0.1) is 5.69 Å². The van der Waals surface area contributed by atoms with Crippen molar-refractivity contribution < 1.29 is 0 Å². The van der Waals surface area contributed by atoms with E-state index in [-0.39, 0.29) is 6.04 Å². The molecule has 5 heteroatoms. The fourth-order valence-electron chi connectivity index (χ4n) is 2.50. The predicted molar refractivity (Wildman–Crippen MR) is 78.4 cm³/mol. The molecule has 2 heterocycles. The molecule has 0 radical (unpaired) electrons. The molecule has 2 unspecified atom stereocenters. The Morgan fingerprint density at radius 3 is 2.78 bits per heavy atom. The Bertz CT molecular complexity index is 400. The van der Waals surface area contributed by atoms with Crippen LogP contribution >= 0.6 is 11.3 Å². The van der Waals surface area contributed by atoms with E-state index in [0.29, 0.717) is 6.04 Å². The molecule has 0 aromatic carbocycles. The SMILES string of the molecule is Cc1nc(N2CCCC(N(C)C)C2)sc1C(C)N. The van der Waals surface area contributed by atoms with Crippen LogP contribution in [0.15, 0.2) is 0 Å². The first-order chi connectivity index (χ1) is 8.49. The van der Waals surface area contributed by atoms with Crippen molar-refractivity contribution in [1.29, 1.82) is 0 Å². The maximum absolute atomic E-state index is 5.98. The number of hydrogen-bond acceptors (Lipinski definition) is 5. The van der Waals surface area contributed by atoms with Crippen LogP contribution in [0.4, 0.5) is 5.13 Å². The number of aromatic nitrogens is 1. The van der Waals surface area contributed by atoms with Gasteiger partial charge in [0.15, 0.2) is 5.13 Å². The molecule has 1 fully saturated rings. The molecule has 0 bridgehead atoms. The number of aryl methyl sites for hydroxylation is 1. The zero-order chi connectivity index (χ0) is 13.3. The number of thiazole rings is 1. The molecule has 4 nitrogen and oxygen atoms in total. The minimum atomic E-state index is 0.0886. The highest BCUT2D eigenvalue weighted by Crippen LogP contribution is 2.31. The standard InChI is InChI=1S/C13H24N4S/c1-9(14)12-10(2)15-13(18-12)17-7-5-6-11(8-17)16(3)4/h9,11H,5-8,14H2,1-4H3. The van der Waals surface area contributed by atoms with E-state index in [1.54, 1.807) is 11.3 Å². The number of likely N-dealkylation sites (N-methyl/N-ethyl adjacent to an activating group) is 1. The van der Waals surface area contributed by atoms with E-state index in [2.05, 4.69) is 30.8 Å². The smallest absolute Gasteiger partial charge is 0.185 e. The molecule has 0 spiro atoms. The lowest BCUT2D eigenvalue weighted by molar-refractivity contribution is 0.258. The maximum atomic E-state index is 5.98. The van der Waals surface area contributed by atoms with Crippen molar-refractivity contribution in [3.05, 3.63) is 10.6 Å². The van der Waals surface area contributed by atoms with Gasteiger partial charge in [-0.05, 0) is 40.8 Å². The van der Waals surface area contributed by atoms with Gasteiger partial charge < -0.3 is 15.5 Å². The van der Waals surface area contributed by atoms with Gasteiger partial charge in [0.1, 0.15) is 0 Å². The van der Waals surface area contributed by atoms with E-state index in [4.69, 9.17) is 10.7 Å². The Balaban J connectivity index is 2.13. The van der Waals surface area contributed by atoms with Crippen molar-refractivity contribution in [2.45, 2.75) is 38.8 Å². The highest BCUT2D eigenvalue weighted by atomic mass is 32.1. The molecule has 0 aliphatic carbocycles. The molecule has 0 saturated carbocycles. The average molecular weight is 268 g/mol. The molecule has 1 aliphatic heterocycles. The van der Waals surface area contributed by atoms with Gasteiger partial charge >= 0.3 is 0 Å². The highest BCUT2D eigenvalue weighted by molar-refractivity contribution is 7.15. The van der Waals surface area contributed by atoms with Gasteiger partial charge in [0, 0.05) is 30.1 Å². The van der Waals surface area contributed by atoms with Gasteiger partial charge in [0.25, 0.3) is 0 Å². The molecule has 1 aliphatic rings.